The van der Waals surface area contributed by atoms with Crippen LogP contribution in [0.1, 0.15) is 34.1 Å². The van der Waals surface area contributed by atoms with E-state index in [1.165, 1.54) is 0 Å². The van der Waals surface area contributed by atoms with Gasteiger partial charge in [0.15, 0.2) is 11.6 Å². The van der Waals surface area contributed by atoms with E-state index in [-0.39, 0.29) is 11.9 Å². The van der Waals surface area contributed by atoms with Crippen molar-refractivity contribution in [1.29, 1.82) is 0 Å². The number of carbonyl (C=O) groups is 1. The van der Waals surface area contributed by atoms with Crippen LogP contribution in [0.5, 0.6) is 5.75 Å². The lowest BCUT2D eigenvalue weighted by molar-refractivity contribution is -0.121. The molecule has 1 heterocycles. The van der Waals surface area contributed by atoms with Gasteiger partial charge in [0.2, 0.25) is 5.91 Å². The zero-order valence-electron chi connectivity index (χ0n) is 12.8. The molecule has 1 amide bonds. The minimum Gasteiger partial charge on any atom is -0.490 e. The molecule has 0 aliphatic rings. The fourth-order valence-electron chi connectivity index (χ4n) is 1.56. The SMILES string of the molecule is CCCOc1cccnc1NC(C)C(=O)NCC(C)C. The summed E-state index contributed by atoms with van der Waals surface area (Å²) in [6, 6.07) is 3.32. The lowest BCUT2D eigenvalue weighted by atomic mass is 10.2. The van der Waals surface area contributed by atoms with Crippen LogP contribution in [-0.2, 0) is 4.79 Å². The predicted molar refractivity (Wildman–Crippen MR) is 81.0 cm³/mol. The van der Waals surface area contributed by atoms with Gasteiger partial charge in [-0.3, -0.25) is 4.79 Å². The van der Waals surface area contributed by atoms with Crippen molar-refractivity contribution < 1.29 is 9.53 Å². The highest BCUT2D eigenvalue weighted by molar-refractivity contribution is 5.84. The minimum absolute atomic E-state index is 0.0363. The molecule has 1 unspecified atom stereocenters. The predicted octanol–water partition coefficient (Wildman–Crippen LogP) is 2.44. The highest BCUT2D eigenvalue weighted by Gasteiger charge is 2.15. The first kappa shape index (κ1) is 16.3. The van der Waals surface area contributed by atoms with Crippen LogP contribution in [-0.4, -0.2) is 30.1 Å². The first-order valence-electron chi connectivity index (χ1n) is 7.16. The van der Waals surface area contributed by atoms with E-state index in [4.69, 9.17) is 4.74 Å². The Kier molecular flexibility index (Phi) is 6.84. The van der Waals surface area contributed by atoms with E-state index in [0.717, 1.165) is 6.42 Å². The molecule has 0 spiro atoms. The second kappa shape index (κ2) is 8.40. The topological polar surface area (TPSA) is 63.2 Å². The molecular formula is C15H25N3O2. The van der Waals surface area contributed by atoms with E-state index in [1.807, 2.05) is 26.0 Å². The average molecular weight is 279 g/mol. The molecular weight excluding hydrogens is 254 g/mol. The molecule has 0 aliphatic carbocycles. The van der Waals surface area contributed by atoms with Crippen molar-refractivity contribution in [1.82, 2.24) is 10.3 Å². The Morgan fingerprint density at radius 3 is 2.80 bits per heavy atom. The third kappa shape index (κ3) is 5.47. The normalized spacial score (nSPS) is 12.1. The molecule has 112 valence electrons. The van der Waals surface area contributed by atoms with Crippen molar-refractivity contribution in [3.05, 3.63) is 18.3 Å². The van der Waals surface area contributed by atoms with Gasteiger partial charge < -0.3 is 15.4 Å². The van der Waals surface area contributed by atoms with Crippen molar-refractivity contribution in [2.45, 2.75) is 40.2 Å². The molecule has 1 aromatic rings. The van der Waals surface area contributed by atoms with Gasteiger partial charge in [0.05, 0.1) is 6.61 Å². The Balaban J connectivity index is 2.60. The van der Waals surface area contributed by atoms with Gasteiger partial charge in [0.25, 0.3) is 0 Å². The smallest absolute Gasteiger partial charge is 0.242 e. The number of ether oxygens (including phenoxy) is 1. The number of hydrogen-bond donors (Lipinski definition) is 2. The fraction of sp³-hybridized carbons (Fsp3) is 0.600. The Bertz CT molecular complexity index is 421. The molecule has 0 fully saturated rings. The number of hydrogen-bond acceptors (Lipinski definition) is 4. The quantitative estimate of drug-likeness (QED) is 0.767. The molecule has 0 radical (unpaired) electrons. The van der Waals surface area contributed by atoms with Crippen LogP contribution < -0.4 is 15.4 Å². The summed E-state index contributed by atoms with van der Waals surface area (Å²) in [4.78, 5) is 16.2. The number of nitrogens with one attached hydrogen (secondary N) is 2. The maximum absolute atomic E-state index is 11.9. The summed E-state index contributed by atoms with van der Waals surface area (Å²) in [6.45, 7) is 9.29. The molecule has 0 saturated carbocycles. The molecule has 5 heteroatoms. The number of pyridine rings is 1. The van der Waals surface area contributed by atoms with Gasteiger partial charge in [0.1, 0.15) is 6.04 Å². The zero-order valence-corrected chi connectivity index (χ0v) is 12.8. The van der Waals surface area contributed by atoms with Crippen molar-refractivity contribution >= 4 is 11.7 Å². The Morgan fingerprint density at radius 1 is 1.40 bits per heavy atom. The number of carbonyl (C=O) groups excluding carboxylic acids is 1. The standard InChI is InChI=1S/C15H25N3O2/c1-5-9-20-13-7-6-8-16-14(13)18-12(4)15(19)17-10-11(2)3/h6-8,11-12H,5,9-10H2,1-4H3,(H,16,18)(H,17,19). The summed E-state index contributed by atoms with van der Waals surface area (Å²) in [7, 11) is 0. The largest absolute Gasteiger partial charge is 0.490 e. The summed E-state index contributed by atoms with van der Waals surface area (Å²) in [6.07, 6.45) is 2.61. The third-order valence-corrected chi connectivity index (χ3v) is 2.66. The molecule has 0 bridgehead atoms. The van der Waals surface area contributed by atoms with Crippen molar-refractivity contribution in [2.75, 3.05) is 18.5 Å². The van der Waals surface area contributed by atoms with Crippen LogP contribution in [0.25, 0.3) is 0 Å². The second-order valence-electron chi connectivity index (χ2n) is 5.20. The molecule has 0 aliphatic heterocycles. The van der Waals surface area contributed by atoms with Gasteiger partial charge in [-0.2, -0.15) is 0 Å². The van der Waals surface area contributed by atoms with Gasteiger partial charge in [-0.1, -0.05) is 20.8 Å². The third-order valence-electron chi connectivity index (χ3n) is 2.66. The van der Waals surface area contributed by atoms with Crippen molar-refractivity contribution in [2.24, 2.45) is 5.92 Å². The number of amides is 1. The average Bonchev–Trinajstić information content (AvgIpc) is 2.43. The number of aromatic nitrogens is 1. The molecule has 0 aromatic carbocycles. The number of nitrogens with zero attached hydrogens (tertiary/aromatic N) is 1. The summed E-state index contributed by atoms with van der Waals surface area (Å²) >= 11 is 0. The second-order valence-corrected chi connectivity index (χ2v) is 5.20. The van der Waals surface area contributed by atoms with E-state index >= 15 is 0 Å². The maximum atomic E-state index is 11.9. The van der Waals surface area contributed by atoms with Gasteiger partial charge in [0, 0.05) is 12.7 Å². The summed E-state index contributed by atoms with van der Waals surface area (Å²) in [5, 5.41) is 5.99. The molecule has 1 rings (SSSR count). The van der Waals surface area contributed by atoms with Crippen LogP contribution in [0.2, 0.25) is 0 Å². The van der Waals surface area contributed by atoms with E-state index in [2.05, 4.69) is 29.5 Å². The molecule has 20 heavy (non-hydrogen) atoms. The molecule has 1 aromatic heterocycles. The van der Waals surface area contributed by atoms with Gasteiger partial charge in [-0.05, 0) is 31.4 Å². The Labute approximate surface area is 121 Å². The summed E-state index contributed by atoms with van der Waals surface area (Å²) < 4.78 is 5.61. The van der Waals surface area contributed by atoms with Crippen LogP contribution in [0.3, 0.4) is 0 Å². The Morgan fingerprint density at radius 2 is 2.15 bits per heavy atom. The van der Waals surface area contributed by atoms with Gasteiger partial charge in [-0.15, -0.1) is 0 Å². The fourth-order valence-corrected chi connectivity index (χ4v) is 1.56. The molecule has 5 nitrogen and oxygen atoms in total. The van der Waals surface area contributed by atoms with E-state index in [9.17, 15) is 4.79 Å². The first-order chi connectivity index (χ1) is 9.54. The summed E-state index contributed by atoms with van der Waals surface area (Å²) in [5.74, 6) is 1.68. The van der Waals surface area contributed by atoms with Crippen LogP contribution in [0, 0.1) is 5.92 Å². The molecule has 0 saturated heterocycles. The highest BCUT2D eigenvalue weighted by Crippen LogP contribution is 2.21. The van der Waals surface area contributed by atoms with E-state index < -0.39 is 0 Å². The lowest BCUT2D eigenvalue weighted by Crippen LogP contribution is -2.39. The van der Waals surface area contributed by atoms with E-state index in [0.29, 0.717) is 30.6 Å². The highest BCUT2D eigenvalue weighted by atomic mass is 16.5. The monoisotopic (exact) mass is 279 g/mol. The van der Waals surface area contributed by atoms with Crippen molar-refractivity contribution in [3.63, 3.8) is 0 Å². The number of rotatable bonds is 8. The van der Waals surface area contributed by atoms with Gasteiger partial charge >= 0.3 is 0 Å². The van der Waals surface area contributed by atoms with Crippen LogP contribution in [0.15, 0.2) is 18.3 Å². The van der Waals surface area contributed by atoms with Gasteiger partial charge in [-0.25, -0.2) is 4.98 Å². The Hall–Kier alpha value is -1.78. The van der Waals surface area contributed by atoms with Crippen molar-refractivity contribution in [3.8, 4) is 5.75 Å². The minimum atomic E-state index is -0.354. The van der Waals surface area contributed by atoms with Crippen LogP contribution >= 0.6 is 0 Å². The molecule has 1 atom stereocenters. The zero-order chi connectivity index (χ0) is 15.0. The summed E-state index contributed by atoms with van der Waals surface area (Å²) in [5.41, 5.74) is 0. The van der Waals surface area contributed by atoms with Crippen LogP contribution in [0.4, 0.5) is 5.82 Å². The number of anilines is 1. The van der Waals surface area contributed by atoms with E-state index in [1.54, 1.807) is 6.20 Å². The lowest BCUT2D eigenvalue weighted by Gasteiger charge is -2.17. The first-order valence-corrected chi connectivity index (χ1v) is 7.16. The molecule has 2 N–H and O–H groups in total. The maximum Gasteiger partial charge on any atom is 0.242 e.